The number of hydrogen-bond donors (Lipinski definition) is 1. The molecule has 1 N–H and O–H groups in total. The Morgan fingerprint density at radius 1 is 0.865 bits per heavy atom. The molecule has 6 rings (SSSR count). The maximum absolute atomic E-state index is 6.59. The van der Waals surface area contributed by atoms with E-state index in [1.807, 2.05) is 18.3 Å². The van der Waals surface area contributed by atoms with Crippen LogP contribution >= 0.6 is 24.0 Å². The third-order valence-electron chi connectivity index (χ3n) is 7.54. The van der Waals surface area contributed by atoms with Gasteiger partial charge < -0.3 is 10.2 Å². The zero-order valence-electron chi connectivity index (χ0n) is 20.9. The van der Waals surface area contributed by atoms with Gasteiger partial charge in [-0.3, -0.25) is 0 Å². The molecular weight excluding hydrogens is 499 g/mol. The first kappa shape index (κ1) is 25.7. The molecule has 1 atom stereocenters. The van der Waals surface area contributed by atoms with Gasteiger partial charge in [-0.15, -0.1) is 12.4 Å². The molecule has 0 amide bonds. The largest absolute Gasteiger partial charge is 0.324 e. The monoisotopic (exact) mass is 530 g/mol. The van der Waals surface area contributed by atoms with Crippen molar-refractivity contribution in [2.24, 2.45) is 0 Å². The van der Waals surface area contributed by atoms with Gasteiger partial charge in [-0.2, -0.15) is 0 Å². The molecule has 1 fully saturated rings. The van der Waals surface area contributed by atoms with Gasteiger partial charge in [-0.25, -0.2) is 9.97 Å². The Morgan fingerprint density at radius 2 is 1.59 bits per heavy atom. The van der Waals surface area contributed by atoms with E-state index in [2.05, 4.69) is 75.9 Å². The fraction of sp³-hybridized carbons (Fsp3) is 0.290. The molecule has 1 aliphatic heterocycles. The lowest BCUT2D eigenvalue weighted by Crippen LogP contribution is -2.31. The van der Waals surface area contributed by atoms with Crippen LogP contribution in [0.15, 0.2) is 79.0 Å². The highest BCUT2D eigenvalue weighted by Crippen LogP contribution is 2.43. The maximum atomic E-state index is 6.59. The Hall–Kier alpha value is -2.92. The van der Waals surface area contributed by atoms with Crippen LogP contribution in [0, 0.1) is 0 Å². The molecule has 0 spiro atoms. The molecule has 4 aromatic rings. The predicted octanol–water partition coefficient (Wildman–Crippen LogP) is 7.68. The lowest BCUT2D eigenvalue weighted by Gasteiger charge is -2.28. The number of nitrogens with one attached hydrogen (secondary N) is 1. The number of rotatable bonds is 6. The van der Waals surface area contributed by atoms with Crippen molar-refractivity contribution in [1.82, 2.24) is 14.9 Å². The number of anilines is 2. The highest BCUT2D eigenvalue weighted by atomic mass is 35.5. The summed E-state index contributed by atoms with van der Waals surface area (Å²) in [6.45, 7) is 3.64. The number of benzene rings is 3. The number of hydrogen-bond acceptors (Lipinski definition) is 4. The Balaban J connectivity index is 0.00000280. The Labute approximate surface area is 230 Å². The smallest absolute Gasteiger partial charge is 0.227 e. The quantitative estimate of drug-likeness (QED) is 0.277. The summed E-state index contributed by atoms with van der Waals surface area (Å²) < 4.78 is 0. The van der Waals surface area contributed by atoms with E-state index in [0.717, 1.165) is 52.5 Å². The van der Waals surface area contributed by atoms with Gasteiger partial charge >= 0.3 is 0 Å². The lowest BCUT2D eigenvalue weighted by molar-refractivity contribution is 0.231. The summed E-state index contributed by atoms with van der Waals surface area (Å²) in [5, 5.41) is 4.22. The van der Waals surface area contributed by atoms with Crippen LogP contribution < -0.4 is 5.32 Å². The van der Waals surface area contributed by atoms with Gasteiger partial charge in [0.25, 0.3) is 0 Å². The van der Waals surface area contributed by atoms with Crippen molar-refractivity contribution in [3.8, 4) is 11.3 Å². The van der Waals surface area contributed by atoms with Gasteiger partial charge in [-0.05, 0) is 79.2 Å². The van der Waals surface area contributed by atoms with Gasteiger partial charge in [0.2, 0.25) is 5.95 Å². The standard InChI is InChI=1S/C31H31ClN4.ClH/c32-29-11-5-4-9-26(29)28-20-23-21-33-31(35-30(23)27-10-3-2-8-25(27)28)34-24-14-12-22(13-15-24)16-19-36-17-6-1-7-18-36;/h2-5,8-15,21,28H,1,6-7,16-20H2,(H,33,34,35);1H. The van der Waals surface area contributed by atoms with Gasteiger partial charge in [0, 0.05) is 34.9 Å². The van der Waals surface area contributed by atoms with Crippen LogP contribution in [-0.2, 0) is 12.8 Å². The van der Waals surface area contributed by atoms with Crippen molar-refractivity contribution in [3.05, 3.63) is 106 Å². The maximum Gasteiger partial charge on any atom is 0.227 e. The first-order valence-electron chi connectivity index (χ1n) is 13.0. The number of nitrogens with zero attached hydrogens (tertiary/aromatic N) is 3. The molecule has 190 valence electrons. The topological polar surface area (TPSA) is 41.1 Å². The molecule has 4 nitrogen and oxygen atoms in total. The van der Waals surface area contributed by atoms with E-state index >= 15 is 0 Å². The number of likely N-dealkylation sites (tertiary alicyclic amines) is 1. The molecule has 0 radical (unpaired) electrons. The van der Waals surface area contributed by atoms with E-state index in [1.54, 1.807) is 0 Å². The SMILES string of the molecule is Cl.Clc1ccccc1C1Cc2cnc(Nc3ccc(CCN4CCCCC4)cc3)nc2-c2ccccc21. The van der Waals surface area contributed by atoms with E-state index in [0.29, 0.717) is 5.95 Å². The number of fused-ring (bicyclic) bond motifs is 3. The minimum Gasteiger partial charge on any atom is -0.324 e. The average molecular weight is 532 g/mol. The van der Waals surface area contributed by atoms with Crippen LogP contribution in [0.3, 0.4) is 0 Å². The molecule has 3 aromatic carbocycles. The Morgan fingerprint density at radius 3 is 2.38 bits per heavy atom. The molecule has 1 aromatic heterocycles. The van der Waals surface area contributed by atoms with Gasteiger partial charge in [-0.1, -0.05) is 72.6 Å². The second-order valence-corrected chi connectivity index (χ2v) is 10.3. The normalized spacial score (nSPS) is 16.8. The molecule has 2 heterocycles. The fourth-order valence-electron chi connectivity index (χ4n) is 5.59. The van der Waals surface area contributed by atoms with Gasteiger partial charge in [0.05, 0.1) is 5.69 Å². The number of halogens is 2. The molecule has 6 heteroatoms. The van der Waals surface area contributed by atoms with Crippen molar-refractivity contribution >= 4 is 35.6 Å². The molecule has 2 aliphatic rings. The Bertz CT molecular complexity index is 1350. The molecule has 1 saturated heterocycles. The summed E-state index contributed by atoms with van der Waals surface area (Å²) in [5.41, 5.74) is 8.11. The van der Waals surface area contributed by atoms with Crippen LogP contribution in [-0.4, -0.2) is 34.5 Å². The zero-order valence-corrected chi connectivity index (χ0v) is 22.4. The second-order valence-electron chi connectivity index (χ2n) is 9.91. The Kier molecular flexibility index (Phi) is 8.09. The number of aromatic nitrogens is 2. The van der Waals surface area contributed by atoms with E-state index in [1.165, 1.54) is 43.5 Å². The summed E-state index contributed by atoms with van der Waals surface area (Å²) in [6, 6.07) is 25.4. The third kappa shape index (κ3) is 5.67. The van der Waals surface area contributed by atoms with Crippen molar-refractivity contribution < 1.29 is 0 Å². The van der Waals surface area contributed by atoms with Crippen molar-refractivity contribution in [2.75, 3.05) is 25.0 Å². The highest BCUT2D eigenvalue weighted by Gasteiger charge is 2.28. The van der Waals surface area contributed by atoms with Gasteiger partial charge in [0.1, 0.15) is 0 Å². The molecule has 0 saturated carbocycles. The molecule has 1 unspecified atom stereocenters. The second kappa shape index (κ2) is 11.6. The zero-order chi connectivity index (χ0) is 24.3. The molecule has 37 heavy (non-hydrogen) atoms. The van der Waals surface area contributed by atoms with Gasteiger partial charge in [0.15, 0.2) is 0 Å². The van der Waals surface area contributed by atoms with Crippen LogP contribution in [0.25, 0.3) is 11.3 Å². The van der Waals surface area contributed by atoms with Crippen LogP contribution in [0.5, 0.6) is 0 Å². The fourth-order valence-corrected chi connectivity index (χ4v) is 5.85. The highest BCUT2D eigenvalue weighted by molar-refractivity contribution is 6.31. The van der Waals surface area contributed by atoms with Crippen LogP contribution in [0.4, 0.5) is 11.6 Å². The van der Waals surface area contributed by atoms with E-state index in [4.69, 9.17) is 16.6 Å². The summed E-state index contributed by atoms with van der Waals surface area (Å²) in [5.74, 6) is 0.822. The third-order valence-corrected chi connectivity index (χ3v) is 7.88. The molecular formula is C31H32Cl2N4. The van der Waals surface area contributed by atoms with E-state index in [9.17, 15) is 0 Å². The first-order valence-corrected chi connectivity index (χ1v) is 13.4. The first-order chi connectivity index (χ1) is 17.7. The van der Waals surface area contributed by atoms with Crippen molar-refractivity contribution in [3.63, 3.8) is 0 Å². The minimum atomic E-state index is 0. The average Bonchev–Trinajstić information content (AvgIpc) is 2.93. The lowest BCUT2D eigenvalue weighted by atomic mass is 9.78. The van der Waals surface area contributed by atoms with Crippen LogP contribution in [0.2, 0.25) is 5.02 Å². The summed E-state index contributed by atoms with van der Waals surface area (Å²) in [4.78, 5) is 12.2. The molecule has 1 aliphatic carbocycles. The van der Waals surface area contributed by atoms with E-state index < -0.39 is 0 Å². The summed E-state index contributed by atoms with van der Waals surface area (Å²) >= 11 is 6.59. The van der Waals surface area contributed by atoms with Crippen LogP contribution in [0.1, 0.15) is 47.4 Å². The summed E-state index contributed by atoms with van der Waals surface area (Å²) in [7, 11) is 0. The predicted molar refractivity (Wildman–Crippen MR) is 155 cm³/mol. The van der Waals surface area contributed by atoms with Crippen molar-refractivity contribution in [2.45, 2.75) is 38.0 Å². The van der Waals surface area contributed by atoms with Crippen molar-refractivity contribution in [1.29, 1.82) is 0 Å². The van der Waals surface area contributed by atoms with E-state index in [-0.39, 0.29) is 18.3 Å². The molecule has 0 bridgehead atoms. The number of piperidine rings is 1. The minimum absolute atomic E-state index is 0. The summed E-state index contributed by atoms with van der Waals surface area (Å²) in [6.07, 6.45) is 7.97.